The molecular formula is C26H23NO3. The number of esters is 1. The molecule has 0 N–H and O–H groups in total. The summed E-state index contributed by atoms with van der Waals surface area (Å²) in [6.45, 7) is 2.75. The zero-order valence-corrected chi connectivity index (χ0v) is 16.8. The summed E-state index contributed by atoms with van der Waals surface area (Å²) in [5, 5.41) is 0. The Kier molecular flexibility index (Phi) is 6.06. The molecule has 0 saturated heterocycles. The van der Waals surface area contributed by atoms with Crippen LogP contribution in [-0.2, 0) is 18.1 Å². The second kappa shape index (κ2) is 9.25. The molecule has 0 aliphatic rings. The van der Waals surface area contributed by atoms with E-state index in [1.807, 2.05) is 96.4 Å². The van der Waals surface area contributed by atoms with Gasteiger partial charge < -0.3 is 14.0 Å². The highest BCUT2D eigenvalue weighted by atomic mass is 16.5. The van der Waals surface area contributed by atoms with E-state index >= 15 is 0 Å². The first-order valence-corrected chi connectivity index (χ1v) is 9.87. The van der Waals surface area contributed by atoms with Gasteiger partial charge in [0.05, 0.1) is 17.9 Å². The van der Waals surface area contributed by atoms with Crippen LogP contribution in [0.1, 0.15) is 21.6 Å². The molecule has 0 amide bonds. The van der Waals surface area contributed by atoms with Crippen molar-refractivity contribution in [1.29, 1.82) is 0 Å². The lowest BCUT2D eigenvalue weighted by molar-refractivity contribution is 0.0634. The largest absolute Gasteiger partial charge is 0.423 e. The Balaban J connectivity index is 1.61. The molecule has 0 fully saturated rings. The van der Waals surface area contributed by atoms with Crippen molar-refractivity contribution in [3.63, 3.8) is 0 Å². The van der Waals surface area contributed by atoms with Crippen molar-refractivity contribution in [1.82, 2.24) is 4.57 Å². The topological polar surface area (TPSA) is 40.5 Å². The van der Waals surface area contributed by atoms with E-state index < -0.39 is 0 Å². The van der Waals surface area contributed by atoms with Crippen molar-refractivity contribution in [3.8, 4) is 17.0 Å². The maximum absolute atomic E-state index is 12.9. The fourth-order valence-corrected chi connectivity index (χ4v) is 3.35. The molecule has 4 rings (SSSR count). The second-order valence-electron chi connectivity index (χ2n) is 6.99. The molecule has 0 spiro atoms. The van der Waals surface area contributed by atoms with Gasteiger partial charge in [0.2, 0.25) is 0 Å². The van der Waals surface area contributed by atoms with E-state index in [2.05, 4.69) is 0 Å². The third kappa shape index (κ3) is 4.50. The van der Waals surface area contributed by atoms with Crippen molar-refractivity contribution >= 4 is 5.97 Å². The normalized spacial score (nSPS) is 10.7. The summed E-state index contributed by atoms with van der Waals surface area (Å²) < 4.78 is 13.6. The highest BCUT2D eigenvalue weighted by Crippen LogP contribution is 2.27. The van der Waals surface area contributed by atoms with E-state index in [0.717, 1.165) is 22.5 Å². The fourth-order valence-electron chi connectivity index (χ4n) is 3.35. The van der Waals surface area contributed by atoms with Crippen molar-refractivity contribution in [2.75, 3.05) is 0 Å². The molecule has 0 saturated carbocycles. The average molecular weight is 397 g/mol. The smallest absolute Gasteiger partial charge is 0.345 e. The second-order valence-corrected chi connectivity index (χ2v) is 6.99. The van der Waals surface area contributed by atoms with Crippen LogP contribution in [0.15, 0.2) is 97.1 Å². The summed E-state index contributed by atoms with van der Waals surface area (Å²) in [4.78, 5) is 12.9. The van der Waals surface area contributed by atoms with Crippen molar-refractivity contribution in [2.45, 2.75) is 20.3 Å². The Morgan fingerprint density at radius 2 is 1.43 bits per heavy atom. The maximum atomic E-state index is 12.9. The van der Waals surface area contributed by atoms with E-state index in [4.69, 9.17) is 9.47 Å². The molecule has 0 aliphatic carbocycles. The predicted octanol–water partition coefficient (Wildman–Crippen LogP) is 5.86. The van der Waals surface area contributed by atoms with Crippen LogP contribution in [0.2, 0.25) is 0 Å². The van der Waals surface area contributed by atoms with E-state index in [-0.39, 0.29) is 5.97 Å². The lowest BCUT2D eigenvalue weighted by atomic mass is 10.1. The standard InChI is InChI=1S/C26H23NO3/c1-20-24(26(28)30-23-15-9-4-10-16-23)17-25(22-13-7-3-8-14-22)27(20)19-29-18-21-11-5-2-6-12-21/h2-17H,18-19H2,1H3. The minimum Gasteiger partial charge on any atom is -0.423 e. The van der Waals surface area contributed by atoms with Gasteiger partial charge in [-0.3, -0.25) is 0 Å². The Hall–Kier alpha value is -3.63. The van der Waals surface area contributed by atoms with Crippen LogP contribution in [0.4, 0.5) is 0 Å². The molecule has 0 unspecified atom stereocenters. The number of carbonyl (C=O) groups is 1. The van der Waals surface area contributed by atoms with Gasteiger partial charge in [-0.15, -0.1) is 0 Å². The van der Waals surface area contributed by atoms with Crippen LogP contribution < -0.4 is 4.74 Å². The summed E-state index contributed by atoms with van der Waals surface area (Å²) in [6, 6.07) is 31.0. The van der Waals surface area contributed by atoms with Gasteiger partial charge >= 0.3 is 5.97 Å². The van der Waals surface area contributed by atoms with Gasteiger partial charge in [0.25, 0.3) is 0 Å². The van der Waals surface area contributed by atoms with Crippen molar-refractivity contribution in [2.24, 2.45) is 0 Å². The Bertz CT molecular complexity index is 1100. The number of benzene rings is 3. The van der Waals surface area contributed by atoms with Gasteiger partial charge in [-0.25, -0.2) is 4.79 Å². The number of nitrogens with zero attached hydrogens (tertiary/aromatic N) is 1. The number of carbonyl (C=O) groups excluding carboxylic acids is 1. The van der Waals surface area contributed by atoms with Gasteiger partial charge in [0.15, 0.2) is 0 Å². The highest BCUT2D eigenvalue weighted by molar-refractivity contribution is 5.94. The van der Waals surface area contributed by atoms with Crippen LogP contribution in [0.25, 0.3) is 11.3 Å². The van der Waals surface area contributed by atoms with E-state index in [1.54, 1.807) is 12.1 Å². The molecule has 150 valence electrons. The molecule has 4 heteroatoms. The predicted molar refractivity (Wildman–Crippen MR) is 117 cm³/mol. The Labute approximate surface area is 176 Å². The van der Waals surface area contributed by atoms with Crippen LogP contribution in [0.5, 0.6) is 5.75 Å². The molecule has 4 nitrogen and oxygen atoms in total. The summed E-state index contributed by atoms with van der Waals surface area (Å²) in [7, 11) is 0. The van der Waals surface area contributed by atoms with Gasteiger partial charge in [-0.1, -0.05) is 78.9 Å². The number of ether oxygens (including phenoxy) is 2. The molecule has 3 aromatic carbocycles. The Morgan fingerprint density at radius 1 is 0.833 bits per heavy atom. The highest BCUT2D eigenvalue weighted by Gasteiger charge is 2.20. The minimum absolute atomic E-state index is 0.337. The van der Waals surface area contributed by atoms with Gasteiger partial charge in [-0.2, -0.15) is 0 Å². The van der Waals surface area contributed by atoms with Gasteiger partial charge in [0.1, 0.15) is 12.5 Å². The number of hydrogen-bond donors (Lipinski definition) is 0. The van der Waals surface area contributed by atoms with Crippen LogP contribution in [-0.4, -0.2) is 10.5 Å². The van der Waals surface area contributed by atoms with Crippen molar-refractivity contribution < 1.29 is 14.3 Å². The molecular weight excluding hydrogens is 374 g/mol. The molecule has 1 aromatic heterocycles. The average Bonchev–Trinajstić information content (AvgIpc) is 3.12. The zero-order valence-electron chi connectivity index (χ0n) is 16.8. The van der Waals surface area contributed by atoms with E-state index in [9.17, 15) is 4.79 Å². The zero-order chi connectivity index (χ0) is 20.8. The minimum atomic E-state index is -0.377. The number of rotatable bonds is 7. The summed E-state index contributed by atoms with van der Waals surface area (Å²) in [5.74, 6) is 0.147. The number of hydrogen-bond acceptors (Lipinski definition) is 3. The molecule has 4 aromatic rings. The first kappa shape index (κ1) is 19.7. The Morgan fingerprint density at radius 3 is 2.10 bits per heavy atom. The SMILES string of the molecule is Cc1c(C(=O)Oc2ccccc2)cc(-c2ccccc2)n1COCc1ccccc1. The molecule has 0 radical (unpaired) electrons. The molecule has 0 atom stereocenters. The lowest BCUT2D eigenvalue weighted by Gasteiger charge is -2.13. The first-order chi connectivity index (χ1) is 14.7. The third-order valence-corrected chi connectivity index (χ3v) is 4.94. The molecule has 0 bridgehead atoms. The molecule has 30 heavy (non-hydrogen) atoms. The van der Waals surface area contributed by atoms with Crippen LogP contribution in [0, 0.1) is 6.92 Å². The third-order valence-electron chi connectivity index (χ3n) is 4.94. The number of para-hydroxylation sites is 1. The number of aromatic nitrogens is 1. The molecule has 1 heterocycles. The van der Waals surface area contributed by atoms with Crippen LogP contribution in [0.3, 0.4) is 0 Å². The summed E-state index contributed by atoms with van der Waals surface area (Å²) in [5.41, 5.74) is 4.37. The summed E-state index contributed by atoms with van der Waals surface area (Å²) in [6.07, 6.45) is 0. The summed E-state index contributed by atoms with van der Waals surface area (Å²) >= 11 is 0. The van der Waals surface area contributed by atoms with Crippen molar-refractivity contribution in [3.05, 3.63) is 114 Å². The van der Waals surface area contributed by atoms with E-state index in [1.165, 1.54) is 0 Å². The lowest BCUT2D eigenvalue weighted by Crippen LogP contribution is -2.11. The van der Waals surface area contributed by atoms with Gasteiger partial charge in [0, 0.05) is 5.69 Å². The maximum Gasteiger partial charge on any atom is 0.345 e. The van der Waals surface area contributed by atoms with E-state index in [0.29, 0.717) is 24.7 Å². The van der Waals surface area contributed by atoms with Gasteiger partial charge in [-0.05, 0) is 36.2 Å². The fraction of sp³-hybridized carbons (Fsp3) is 0.115. The van der Waals surface area contributed by atoms with Crippen LogP contribution >= 0.6 is 0 Å². The first-order valence-electron chi connectivity index (χ1n) is 9.87. The molecule has 0 aliphatic heterocycles. The quantitative estimate of drug-likeness (QED) is 0.290. The monoisotopic (exact) mass is 397 g/mol.